The van der Waals surface area contributed by atoms with Gasteiger partial charge in [0.05, 0.1) is 6.61 Å². The van der Waals surface area contributed by atoms with Gasteiger partial charge < -0.3 is 9.84 Å². The van der Waals surface area contributed by atoms with Crippen molar-refractivity contribution in [2.45, 2.75) is 32.6 Å². The molecule has 1 aromatic rings. The monoisotopic (exact) mass is 234 g/mol. The lowest BCUT2D eigenvalue weighted by Crippen LogP contribution is -2.23. The summed E-state index contributed by atoms with van der Waals surface area (Å²) in [5, 5.41) is 9.44. The van der Waals surface area contributed by atoms with Gasteiger partial charge in [0, 0.05) is 12.5 Å². The van der Waals surface area contributed by atoms with E-state index >= 15 is 0 Å². The van der Waals surface area contributed by atoms with Gasteiger partial charge in [0.15, 0.2) is 0 Å². The van der Waals surface area contributed by atoms with Gasteiger partial charge in [0.25, 0.3) is 0 Å². The lowest BCUT2D eigenvalue weighted by molar-refractivity contribution is 0.119. The van der Waals surface area contributed by atoms with Gasteiger partial charge in [0.1, 0.15) is 5.75 Å². The standard InChI is InChI=1S/C15H22O2/c1-12-5-4-8-15(9-12)17-11-14(10-16)13-6-2-3-7-13/h4-5,8-9,13-14,16H,2-3,6-7,10-11H2,1H3. The van der Waals surface area contributed by atoms with Crippen LogP contribution in [-0.2, 0) is 0 Å². The molecule has 0 radical (unpaired) electrons. The molecule has 1 saturated carbocycles. The van der Waals surface area contributed by atoms with Crippen LogP contribution in [0.25, 0.3) is 0 Å². The Morgan fingerprint density at radius 1 is 1.35 bits per heavy atom. The van der Waals surface area contributed by atoms with E-state index in [1.165, 1.54) is 31.2 Å². The highest BCUT2D eigenvalue weighted by molar-refractivity contribution is 5.27. The first-order chi connectivity index (χ1) is 8.29. The van der Waals surface area contributed by atoms with Crippen molar-refractivity contribution in [3.8, 4) is 5.75 Å². The Morgan fingerprint density at radius 2 is 2.12 bits per heavy atom. The van der Waals surface area contributed by atoms with Crippen LogP contribution in [0.2, 0.25) is 0 Å². The minimum atomic E-state index is 0.247. The van der Waals surface area contributed by atoms with Crippen molar-refractivity contribution in [1.29, 1.82) is 0 Å². The summed E-state index contributed by atoms with van der Waals surface area (Å²) in [6, 6.07) is 8.10. The first-order valence-corrected chi connectivity index (χ1v) is 6.60. The lowest BCUT2D eigenvalue weighted by atomic mass is 9.92. The van der Waals surface area contributed by atoms with Crippen LogP contribution in [0, 0.1) is 18.8 Å². The highest BCUT2D eigenvalue weighted by Crippen LogP contribution is 2.31. The molecule has 1 fully saturated rings. The van der Waals surface area contributed by atoms with Crippen molar-refractivity contribution >= 4 is 0 Å². The molecular weight excluding hydrogens is 212 g/mol. The number of aryl methyl sites for hydroxylation is 1. The molecule has 2 nitrogen and oxygen atoms in total. The molecule has 0 spiro atoms. The van der Waals surface area contributed by atoms with Gasteiger partial charge in [-0.1, -0.05) is 25.0 Å². The number of aliphatic hydroxyl groups is 1. The maximum atomic E-state index is 9.44. The maximum absolute atomic E-state index is 9.44. The predicted molar refractivity (Wildman–Crippen MR) is 69.2 cm³/mol. The van der Waals surface area contributed by atoms with Crippen LogP contribution in [0.3, 0.4) is 0 Å². The molecule has 1 aliphatic carbocycles. The van der Waals surface area contributed by atoms with Gasteiger partial charge in [-0.25, -0.2) is 0 Å². The minimum absolute atomic E-state index is 0.247. The zero-order valence-corrected chi connectivity index (χ0v) is 10.6. The van der Waals surface area contributed by atoms with Crippen LogP contribution in [0.15, 0.2) is 24.3 Å². The molecule has 1 unspecified atom stereocenters. The number of aliphatic hydroxyl groups excluding tert-OH is 1. The molecule has 0 aliphatic heterocycles. The average molecular weight is 234 g/mol. The van der Waals surface area contributed by atoms with Crippen molar-refractivity contribution in [2.24, 2.45) is 11.8 Å². The summed E-state index contributed by atoms with van der Waals surface area (Å²) < 4.78 is 5.79. The molecule has 17 heavy (non-hydrogen) atoms. The third-order valence-corrected chi connectivity index (χ3v) is 3.75. The highest BCUT2D eigenvalue weighted by atomic mass is 16.5. The van der Waals surface area contributed by atoms with Crippen LogP contribution < -0.4 is 4.74 Å². The Labute approximate surface area is 104 Å². The summed E-state index contributed by atoms with van der Waals surface area (Å²) in [6.07, 6.45) is 5.13. The van der Waals surface area contributed by atoms with Crippen LogP contribution in [0.5, 0.6) is 5.75 Å². The van der Waals surface area contributed by atoms with Gasteiger partial charge in [-0.2, -0.15) is 0 Å². The zero-order valence-electron chi connectivity index (χ0n) is 10.6. The molecule has 1 aliphatic rings. The van der Waals surface area contributed by atoms with Gasteiger partial charge in [-0.05, 0) is 43.4 Å². The second-order valence-corrected chi connectivity index (χ2v) is 5.11. The lowest BCUT2D eigenvalue weighted by Gasteiger charge is -2.21. The fourth-order valence-corrected chi connectivity index (χ4v) is 2.68. The first kappa shape index (κ1) is 12.4. The van der Waals surface area contributed by atoms with E-state index in [4.69, 9.17) is 4.74 Å². The molecule has 2 heteroatoms. The van der Waals surface area contributed by atoms with E-state index in [9.17, 15) is 5.11 Å². The summed E-state index contributed by atoms with van der Waals surface area (Å²) in [7, 11) is 0. The molecule has 0 aromatic heterocycles. The third-order valence-electron chi connectivity index (χ3n) is 3.75. The number of benzene rings is 1. The summed E-state index contributed by atoms with van der Waals surface area (Å²) in [6.45, 7) is 2.95. The Morgan fingerprint density at radius 3 is 2.76 bits per heavy atom. The summed E-state index contributed by atoms with van der Waals surface area (Å²) in [4.78, 5) is 0. The molecule has 1 atom stereocenters. The third kappa shape index (κ3) is 3.47. The maximum Gasteiger partial charge on any atom is 0.119 e. The molecule has 94 valence electrons. The van der Waals surface area contributed by atoms with Crippen molar-refractivity contribution in [1.82, 2.24) is 0 Å². The van der Waals surface area contributed by atoms with Crippen molar-refractivity contribution in [3.63, 3.8) is 0 Å². The Bertz CT molecular complexity index is 343. The predicted octanol–water partition coefficient (Wildman–Crippen LogP) is 3.17. The van der Waals surface area contributed by atoms with Crippen molar-refractivity contribution < 1.29 is 9.84 Å². The van der Waals surface area contributed by atoms with E-state index in [0.29, 0.717) is 18.4 Å². The zero-order chi connectivity index (χ0) is 12.1. The molecule has 2 rings (SSSR count). The fourth-order valence-electron chi connectivity index (χ4n) is 2.68. The van der Waals surface area contributed by atoms with Crippen LogP contribution in [0.4, 0.5) is 0 Å². The van der Waals surface area contributed by atoms with E-state index in [1.54, 1.807) is 0 Å². The Hall–Kier alpha value is -1.02. The molecule has 0 heterocycles. The summed E-state index contributed by atoms with van der Waals surface area (Å²) in [5.41, 5.74) is 1.21. The topological polar surface area (TPSA) is 29.5 Å². The second-order valence-electron chi connectivity index (χ2n) is 5.11. The Kier molecular flexibility index (Phi) is 4.43. The van der Waals surface area contributed by atoms with E-state index in [0.717, 1.165) is 5.75 Å². The molecule has 0 amide bonds. The second kappa shape index (κ2) is 6.06. The largest absolute Gasteiger partial charge is 0.493 e. The van der Waals surface area contributed by atoms with Gasteiger partial charge in [0.2, 0.25) is 0 Å². The fraction of sp³-hybridized carbons (Fsp3) is 0.600. The molecular formula is C15H22O2. The van der Waals surface area contributed by atoms with Crippen LogP contribution in [0.1, 0.15) is 31.2 Å². The first-order valence-electron chi connectivity index (χ1n) is 6.60. The minimum Gasteiger partial charge on any atom is -0.493 e. The highest BCUT2D eigenvalue weighted by Gasteiger charge is 2.24. The summed E-state index contributed by atoms with van der Waals surface area (Å²) >= 11 is 0. The van der Waals surface area contributed by atoms with E-state index in [1.807, 2.05) is 18.2 Å². The van der Waals surface area contributed by atoms with E-state index in [-0.39, 0.29) is 6.61 Å². The van der Waals surface area contributed by atoms with Crippen LogP contribution in [-0.4, -0.2) is 18.3 Å². The number of hydrogen-bond acceptors (Lipinski definition) is 2. The van der Waals surface area contributed by atoms with E-state index in [2.05, 4.69) is 13.0 Å². The smallest absolute Gasteiger partial charge is 0.119 e. The molecule has 0 saturated heterocycles. The summed E-state index contributed by atoms with van der Waals surface area (Å²) in [5.74, 6) is 1.88. The Balaban J connectivity index is 1.87. The van der Waals surface area contributed by atoms with Gasteiger partial charge in [-0.15, -0.1) is 0 Å². The number of ether oxygens (including phenoxy) is 1. The van der Waals surface area contributed by atoms with Gasteiger partial charge >= 0.3 is 0 Å². The SMILES string of the molecule is Cc1cccc(OCC(CO)C2CCCC2)c1. The van der Waals surface area contributed by atoms with Gasteiger partial charge in [-0.3, -0.25) is 0 Å². The normalized spacial score (nSPS) is 18.2. The van der Waals surface area contributed by atoms with Crippen molar-refractivity contribution in [2.75, 3.05) is 13.2 Å². The molecule has 1 N–H and O–H groups in total. The quantitative estimate of drug-likeness (QED) is 0.848. The molecule has 0 bridgehead atoms. The number of hydrogen-bond donors (Lipinski definition) is 1. The van der Waals surface area contributed by atoms with E-state index < -0.39 is 0 Å². The van der Waals surface area contributed by atoms with Crippen LogP contribution >= 0.6 is 0 Å². The number of rotatable bonds is 5. The van der Waals surface area contributed by atoms with Crippen molar-refractivity contribution in [3.05, 3.63) is 29.8 Å². The average Bonchev–Trinajstić information content (AvgIpc) is 2.84. The molecule has 1 aromatic carbocycles.